The van der Waals surface area contributed by atoms with Gasteiger partial charge in [0.1, 0.15) is 0 Å². The first-order chi connectivity index (χ1) is 5.40. The van der Waals surface area contributed by atoms with Crippen LogP contribution in [-0.4, -0.2) is 15.7 Å². The minimum atomic E-state index is 0.0758. The molecule has 0 amide bonds. The average Bonchev–Trinajstić information content (AvgIpc) is 2.16. The topological polar surface area (TPSA) is 40.7 Å². The Bertz CT molecular complexity index is 268. The number of aromatic amines is 1. The molecule has 0 aliphatic rings. The van der Waals surface area contributed by atoms with Gasteiger partial charge in [-0.2, -0.15) is 5.10 Å². The van der Waals surface area contributed by atoms with Gasteiger partial charge in [-0.25, -0.2) is 0 Å². The minimum Gasteiger partial charge on any atom is -0.364 e. The van der Waals surface area contributed by atoms with E-state index < -0.39 is 0 Å². The van der Waals surface area contributed by atoms with Crippen LogP contribution in [0.15, 0.2) is 0 Å². The van der Waals surface area contributed by atoms with E-state index in [4.69, 9.17) is 0 Å². The number of nitrogens with zero attached hydrogens (tertiary/aromatic N) is 1. The summed E-state index contributed by atoms with van der Waals surface area (Å²) in [4.78, 5) is 0. The molecule has 0 atom stereocenters. The summed E-state index contributed by atoms with van der Waals surface area (Å²) in [7, 11) is 0. The highest BCUT2D eigenvalue weighted by Crippen LogP contribution is 2.18. The molecule has 0 aliphatic carbocycles. The molecule has 1 heterocycles. The van der Waals surface area contributed by atoms with Gasteiger partial charge in [0.25, 0.3) is 0 Å². The Morgan fingerprint density at radius 3 is 2.17 bits per heavy atom. The molecule has 12 heavy (non-hydrogen) atoms. The molecule has 0 aromatic carbocycles. The molecular formula is C9H17N3. The Hall–Kier alpha value is -0.990. The fourth-order valence-electron chi connectivity index (χ4n) is 0.962. The molecule has 2 N–H and O–H groups in total. The number of H-pyrrole nitrogens is 1. The van der Waals surface area contributed by atoms with Crippen LogP contribution < -0.4 is 5.32 Å². The maximum atomic E-state index is 4.16. The highest BCUT2D eigenvalue weighted by Gasteiger charge is 2.13. The largest absolute Gasteiger partial charge is 0.364 e. The zero-order valence-corrected chi connectivity index (χ0v) is 8.45. The first-order valence-electron chi connectivity index (χ1n) is 4.20. The van der Waals surface area contributed by atoms with Crippen LogP contribution in [0.2, 0.25) is 0 Å². The molecular weight excluding hydrogens is 150 g/mol. The Balaban J connectivity index is 2.83. The lowest BCUT2D eigenvalue weighted by Gasteiger charge is -2.20. The van der Waals surface area contributed by atoms with Crippen molar-refractivity contribution < 1.29 is 0 Å². The van der Waals surface area contributed by atoms with Crippen LogP contribution in [-0.2, 0) is 0 Å². The molecule has 0 fully saturated rings. The quantitative estimate of drug-likeness (QED) is 0.673. The van der Waals surface area contributed by atoms with Gasteiger partial charge in [0.05, 0.1) is 0 Å². The molecule has 0 radical (unpaired) electrons. The molecule has 0 saturated carbocycles. The standard InChI is InChI=1S/C9H17N3/c1-6-7(2)11-12-8(6)10-9(3,4)5/h1-5H3,(H2,10,11,12). The van der Waals surface area contributed by atoms with Gasteiger partial charge >= 0.3 is 0 Å². The summed E-state index contributed by atoms with van der Waals surface area (Å²) in [5.74, 6) is 0.958. The Kier molecular flexibility index (Phi) is 2.13. The molecule has 0 spiro atoms. The number of hydrogen-bond donors (Lipinski definition) is 2. The molecule has 1 rings (SSSR count). The van der Waals surface area contributed by atoms with Gasteiger partial charge in [-0.1, -0.05) is 0 Å². The minimum absolute atomic E-state index is 0.0758. The van der Waals surface area contributed by atoms with Gasteiger partial charge in [-0.3, -0.25) is 5.10 Å². The highest BCUT2D eigenvalue weighted by molar-refractivity contribution is 5.46. The maximum absolute atomic E-state index is 4.16. The second-order valence-electron chi connectivity index (χ2n) is 4.20. The third kappa shape index (κ3) is 2.00. The Labute approximate surface area is 73.6 Å². The SMILES string of the molecule is Cc1[nH]nc(NC(C)(C)C)c1C. The van der Waals surface area contributed by atoms with Crippen LogP contribution in [0, 0.1) is 13.8 Å². The van der Waals surface area contributed by atoms with Gasteiger partial charge in [-0.05, 0) is 34.6 Å². The lowest BCUT2D eigenvalue weighted by Crippen LogP contribution is -2.26. The molecule has 1 aromatic rings. The van der Waals surface area contributed by atoms with Gasteiger partial charge in [-0.15, -0.1) is 0 Å². The van der Waals surface area contributed by atoms with Crippen molar-refractivity contribution in [2.24, 2.45) is 0 Å². The van der Waals surface area contributed by atoms with E-state index in [0.717, 1.165) is 11.5 Å². The summed E-state index contributed by atoms with van der Waals surface area (Å²) >= 11 is 0. The molecule has 3 heteroatoms. The number of anilines is 1. The second kappa shape index (κ2) is 2.81. The van der Waals surface area contributed by atoms with Crippen molar-refractivity contribution in [2.75, 3.05) is 5.32 Å². The first-order valence-corrected chi connectivity index (χ1v) is 4.20. The molecule has 1 aromatic heterocycles. The normalized spacial score (nSPS) is 11.8. The van der Waals surface area contributed by atoms with Gasteiger partial charge in [0.2, 0.25) is 0 Å². The number of aromatic nitrogens is 2. The van der Waals surface area contributed by atoms with Crippen molar-refractivity contribution in [1.29, 1.82) is 0 Å². The van der Waals surface area contributed by atoms with E-state index in [0.29, 0.717) is 0 Å². The number of rotatable bonds is 1. The third-order valence-corrected chi connectivity index (χ3v) is 1.75. The van der Waals surface area contributed by atoms with E-state index in [1.54, 1.807) is 0 Å². The molecule has 0 saturated heterocycles. The van der Waals surface area contributed by atoms with Crippen molar-refractivity contribution in [3.8, 4) is 0 Å². The highest BCUT2D eigenvalue weighted by atomic mass is 15.2. The fraction of sp³-hybridized carbons (Fsp3) is 0.667. The van der Waals surface area contributed by atoms with Crippen LogP contribution in [0.1, 0.15) is 32.0 Å². The predicted molar refractivity (Wildman–Crippen MR) is 51.4 cm³/mol. The molecule has 68 valence electrons. The number of aryl methyl sites for hydroxylation is 1. The van der Waals surface area contributed by atoms with Gasteiger partial charge < -0.3 is 5.32 Å². The van der Waals surface area contributed by atoms with Crippen molar-refractivity contribution in [3.05, 3.63) is 11.3 Å². The molecule has 3 nitrogen and oxygen atoms in total. The average molecular weight is 167 g/mol. The molecule has 0 bridgehead atoms. The van der Waals surface area contributed by atoms with E-state index in [2.05, 4.69) is 43.2 Å². The van der Waals surface area contributed by atoms with E-state index >= 15 is 0 Å². The van der Waals surface area contributed by atoms with E-state index in [9.17, 15) is 0 Å². The number of hydrogen-bond acceptors (Lipinski definition) is 2. The van der Waals surface area contributed by atoms with Crippen LogP contribution in [0.25, 0.3) is 0 Å². The van der Waals surface area contributed by atoms with Crippen molar-refractivity contribution in [1.82, 2.24) is 10.2 Å². The molecule has 0 unspecified atom stereocenters. The van der Waals surface area contributed by atoms with Gasteiger partial charge in [0, 0.05) is 16.8 Å². The summed E-state index contributed by atoms with van der Waals surface area (Å²) in [6.07, 6.45) is 0. The maximum Gasteiger partial charge on any atom is 0.151 e. The zero-order chi connectivity index (χ0) is 9.35. The van der Waals surface area contributed by atoms with E-state index in [1.165, 1.54) is 5.56 Å². The van der Waals surface area contributed by atoms with E-state index in [1.807, 2.05) is 6.92 Å². The lowest BCUT2D eigenvalue weighted by molar-refractivity contribution is 0.629. The summed E-state index contributed by atoms with van der Waals surface area (Å²) in [6.45, 7) is 10.5. The van der Waals surface area contributed by atoms with E-state index in [-0.39, 0.29) is 5.54 Å². The van der Waals surface area contributed by atoms with Crippen molar-refractivity contribution >= 4 is 5.82 Å². The van der Waals surface area contributed by atoms with Crippen molar-refractivity contribution in [2.45, 2.75) is 40.2 Å². The van der Waals surface area contributed by atoms with Crippen LogP contribution in [0.4, 0.5) is 5.82 Å². The number of nitrogens with one attached hydrogen (secondary N) is 2. The summed E-state index contributed by atoms with van der Waals surface area (Å²) in [6, 6.07) is 0. The van der Waals surface area contributed by atoms with Crippen LogP contribution in [0.5, 0.6) is 0 Å². The lowest BCUT2D eigenvalue weighted by atomic mass is 10.1. The summed E-state index contributed by atoms with van der Waals surface area (Å²) in [5, 5.41) is 10.4. The Morgan fingerprint density at radius 2 is 1.83 bits per heavy atom. The smallest absolute Gasteiger partial charge is 0.151 e. The second-order valence-corrected chi connectivity index (χ2v) is 4.20. The molecule has 0 aliphatic heterocycles. The monoisotopic (exact) mass is 167 g/mol. The third-order valence-electron chi connectivity index (χ3n) is 1.75. The Morgan fingerprint density at radius 1 is 1.25 bits per heavy atom. The van der Waals surface area contributed by atoms with Crippen LogP contribution in [0.3, 0.4) is 0 Å². The summed E-state index contributed by atoms with van der Waals surface area (Å²) in [5.41, 5.74) is 2.40. The summed E-state index contributed by atoms with van der Waals surface area (Å²) < 4.78 is 0. The fourth-order valence-corrected chi connectivity index (χ4v) is 0.962. The predicted octanol–water partition coefficient (Wildman–Crippen LogP) is 2.24. The zero-order valence-electron chi connectivity index (χ0n) is 8.45. The van der Waals surface area contributed by atoms with Crippen molar-refractivity contribution in [3.63, 3.8) is 0 Å². The van der Waals surface area contributed by atoms with Crippen LogP contribution >= 0.6 is 0 Å². The first kappa shape index (κ1) is 9.10. The van der Waals surface area contributed by atoms with Gasteiger partial charge in [0.15, 0.2) is 5.82 Å².